The summed E-state index contributed by atoms with van der Waals surface area (Å²) in [5.74, 6) is 0. The molecule has 0 atom stereocenters. The SMILES string of the molecule is O[PH](O)(O)OCCNCc1ccc(CCCCCCc2ccccc2)c2cccnc12. The molecule has 3 aromatic rings. The van der Waals surface area contributed by atoms with Crippen molar-refractivity contribution in [3.8, 4) is 0 Å². The van der Waals surface area contributed by atoms with E-state index in [1.807, 2.05) is 12.3 Å². The number of hydrogen-bond donors (Lipinski definition) is 4. The molecule has 0 unspecified atom stereocenters. The van der Waals surface area contributed by atoms with Gasteiger partial charge in [0, 0.05) is 0 Å². The van der Waals surface area contributed by atoms with E-state index in [-0.39, 0.29) is 6.61 Å². The maximum absolute atomic E-state index is 8.87. The fourth-order valence-electron chi connectivity index (χ4n) is 3.78. The van der Waals surface area contributed by atoms with E-state index < -0.39 is 8.17 Å². The van der Waals surface area contributed by atoms with Crippen molar-refractivity contribution >= 4 is 19.1 Å². The number of pyridine rings is 1. The molecule has 0 amide bonds. The van der Waals surface area contributed by atoms with E-state index in [9.17, 15) is 0 Å². The van der Waals surface area contributed by atoms with Gasteiger partial charge in [0.1, 0.15) is 0 Å². The Labute approximate surface area is 184 Å². The molecule has 1 aromatic heterocycles. The second-order valence-corrected chi connectivity index (χ2v) is 9.22. The van der Waals surface area contributed by atoms with Gasteiger partial charge in [-0.25, -0.2) is 0 Å². The molecule has 0 saturated heterocycles. The van der Waals surface area contributed by atoms with Gasteiger partial charge in [-0.2, -0.15) is 0 Å². The maximum atomic E-state index is 8.87. The Morgan fingerprint density at radius 3 is 2.32 bits per heavy atom. The summed E-state index contributed by atoms with van der Waals surface area (Å²) in [5.41, 5.74) is 4.83. The van der Waals surface area contributed by atoms with Crippen molar-refractivity contribution in [2.24, 2.45) is 0 Å². The summed E-state index contributed by atoms with van der Waals surface area (Å²) in [7, 11) is -4.43. The van der Waals surface area contributed by atoms with Crippen LogP contribution in [-0.4, -0.2) is 32.8 Å². The van der Waals surface area contributed by atoms with Crippen molar-refractivity contribution in [1.82, 2.24) is 10.3 Å². The summed E-state index contributed by atoms with van der Waals surface area (Å²) in [4.78, 5) is 31.2. The summed E-state index contributed by atoms with van der Waals surface area (Å²) in [6, 6.07) is 19.1. The Morgan fingerprint density at radius 1 is 0.806 bits per heavy atom. The number of nitrogens with one attached hydrogen (secondary N) is 1. The molecule has 0 aliphatic carbocycles. The van der Waals surface area contributed by atoms with E-state index in [0.29, 0.717) is 13.1 Å². The Bertz CT molecular complexity index is 932. The molecule has 0 saturated carbocycles. The van der Waals surface area contributed by atoms with Crippen LogP contribution >= 0.6 is 8.17 Å². The minimum atomic E-state index is -4.43. The van der Waals surface area contributed by atoms with Crippen molar-refractivity contribution in [3.05, 3.63) is 77.5 Å². The van der Waals surface area contributed by atoms with Gasteiger partial charge in [0.25, 0.3) is 0 Å². The first-order chi connectivity index (χ1) is 15.0. The molecule has 1 heterocycles. The Kier molecular flexibility index (Phi) is 9.34. The molecule has 3 rings (SSSR count). The quantitative estimate of drug-likeness (QED) is 0.235. The van der Waals surface area contributed by atoms with Gasteiger partial charge < -0.3 is 0 Å². The fraction of sp³-hybridized carbons (Fsp3) is 0.375. The van der Waals surface area contributed by atoms with Crippen molar-refractivity contribution in [3.63, 3.8) is 0 Å². The molecule has 0 spiro atoms. The third-order valence-electron chi connectivity index (χ3n) is 5.34. The van der Waals surface area contributed by atoms with Crippen LogP contribution in [0.4, 0.5) is 0 Å². The monoisotopic (exact) mass is 444 g/mol. The number of unbranched alkanes of at least 4 members (excludes halogenated alkanes) is 3. The summed E-state index contributed by atoms with van der Waals surface area (Å²) in [5, 5.41) is 4.38. The van der Waals surface area contributed by atoms with Gasteiger partial charge >= 0.3 is 129 Å². The first-order valence-corrected chi connectivity index (χ1v) is 12.7. The number of aryl methyl sites for hydroxylation is 2. The predicted octanol–water partition coefficient (Wildman–Crippen LogP) is 4.07. The average molecular weight is 445 g/mol. The molecule has 7 heteroatoms. The van der Waals surface area contributed by atoms with Crippen LogP contribution in [0.1, 0.15) is 42.4 Å². The zero-order chi connectivity index (χ0) is 21.9. The molecule has 168 valence electrons. The Hall–Kier alpha value is -1.92. The molecule has 0 aliphatic heterocycles. The van der Waals surface area contributed by atoms with E-state index in [4.69, 9.17) is 14.7 Å². The van der Waals surface area contributed by atoms with Gasteiger partial charge in [0.15, 0.2) is 0 Å². The second kappa shape index (κ2) is 12.2. The van der Waals surface area contributed by atoms with Gasteiger partial charge in [0.05, 0.1) is 0 Å². The summed E-state index contributed by atoms with van der Waals surface area (Å²) in [6.07, 6.45) is 8.88. The zero-order valence-corrected chi connectivity index (χ0v) is 18.8. The zero-order valence-electron chi connectivity index (χ0n) is 17.8. The van der Waals surface area contributed by atoms with Crippen LogP contribution in [0.3, 0.4) is 0 Å². The number of hydrogen-bond acceptors (Lipinski definition) is 6. The predicted molar refractivity (Wildman–Crippen MR) is 127 cm³/mol. The van der Waals surface area contributed by atoms with Crippen LogP contribution in [0.2, 0.25) is 0 Å². The van der Waals surface area contributed by atoms with Crippen LogP contribution in [0.15, 0.2) is 60.8 Å². The van der Waals surface area contributed by atoms with Gasteiger partial charge in [-0.15, -0.1) is 0 Å². The average Bonchev–Trinajstić information content (AvgIpc) is 2.76. The molecule has 4 N–H and O–H groups in total. The van der Waals surface area contributed by atoms with Gasteiger partial charge in [-0.05, 0) is 18.4 Å². The fourth-order valence-corrected chi connectivity index (χ4v) is 4.15. The molecule has 0 fully saturated rings. The minimum absolute atomic E-state index is 0.0312. The number of nitrogens with zero attached hydrogens (tertiary/aromatic N) is 1. The Balaban J connectivity index is 1.46. The number of rotatable bonds is 13. The summed E-state index contributed by atoms with van der Waals surface area (Å²) in [6.45, 7) is 1.02. The molecule has 0 bridgehead atoms. The topological polar surface area (TPSA) is 94.8 Å². The van der Waals surface area contributed by atoms with Gasteiger partial charge in [-0.1, -0.05) is 36.8 Å². The molecule has 31 heavy (non-hydrogen) atoms. The van der Waals surface area contributed by atoms with Crippen LogP contribution in [0.25, 0.3) is 10.9 Å². The number of aromatic nitrogens is 1. The van der Waals surface area contributed by atoms with E-state index >= 15 is 0 Å². The summed E-state index contributed by atoms with van der Waals surface area (Å²) >= 11 is 0. The van der Waals surface area contributed by atoms with Gasteiger partial charge in [0.2, 0.25) is 0 Å². The van der Waals surface area contributed by atoms with Gasteiger partial charge in [-0.3, -0.25) is 0 Å². The first kappa shape index (κ1) is 23.7. The molecular weight excluding hydrogens is 411 g/mol. The number of fused-ring (bicyclic) bond motifs is 1. The number of benzene rings is 2. The van der Waals surface area contributed by atoms with E-state index in [0.717, 1.165) is 23.9 Å². The van der Waals surface area contributed by atoms with Crippen LogP contribution in [0.5, 0.6) is 0 Å². The van der Waals surface area contributed by atoms with E-state index in [1.165, 1.54) is 42.2 Å². The molecule has 0 aliphatic rings. The third-order valence-corrected chi connectivity index (χ3v) is 5.93. The molecule has 6 nitrogen and oxygen atoms in total. The third kappa shape index (κ3) is 8.26. The van der Waals surface area contributed by atoms with Crippen LogP contribution in [0, 0.1) is 0 Å². The van der Waals surface area contributed by atoms with E-state index in [2.05, 4.69) is 63.4 Å². The van der Waals surface area contributed by atoms with Crippen molar-refractivity contribution in [2.45, 2.75) is 45.1 Å². The van der Waals surface area contributed by atoms with Crippen molar-refractivity contribution in [1.29, 1.82) is 0 Å². The van der Waals surface area contributed by atoms with E-state index in [1.54, 1.807) is 0 Å². The van der Waals surface area contributed by atoms with Crippen LogP contribution < -0.4 is 5.32 Å². The van der Waals surface area contributed by atoms with Crippen LogP contribution in [-0.2, 0) is 23.9 Å². The first-order valence-electron chi connectivity index (χ1n) is 10.9. The van der Waals surface area contributed by atoms with Crippen molar-refractivity contribution < 1.29 is 19.2 Å². The normalized spacial score (nSPS) is 12.4. The second-order valence-electron chi connectivity index (χ2n) is 7.78. The molecule has 0 radical (unpaired) electrons. The molecular formula is C24H33N2O4P. The van der Waals surface area contributed by atoms with Crippen molar-refractivity contribution in [2.75, 3.05) is 13.2 Å². The summed E-state index contributed by atoms with van der Waals surface area (Å²) < 4.78 is 4.60. The molecule has 2 aromatic carbocycles. The Morgan fingerprint density at radius 2 is 1.55 bits per heavy atom. The standard InChI is InChI=1S/C24H33N2O4P/c27-31(28,29)30-18-17-25-19-22-15-14-21(23-13-8-16-26-24(22)23)12-7-2-1-4-9-20-10-5-3-6-11-20/h3,5-6,8,10-11,13-16,25,27-29,31H,1-2,4,7,9,12,17-19H2.